The molecule has 1 aromatic heterocycles. The van der Waals surface area contributed by atoms with E-state index in [9.17, 15) is 9.59 Å². The SMILES string of the molecule is CCOC(=O)CCCCCCCCCCn1c(C(=O)OCC)cc2ccccc21. The third-order valence-corrected chi connectivity index (χ3v) is 5.11. The molecule has 0 atom stereocenters. The Labute approximate surface area is 174 Å². The maximum absolute atomic E-state index is 12.3. The van der Waals surface area contributed by atoms with Crippen molar-refractivity contribution < 1.29 is 19.1 Å². The summed E-state index contributed by atoms with van der Waals surface area (Å²) in [6, 6.07) is 10.0. The van der Waals surface area contributed by atoms with E-state index in [-0.39, 0.29) is 11.9 Å². The average Bonchev–Trinajstić information content (AvgIpc) is 3.08. The molecule has 0 aliphatic heterocycles. The summed E-state index contributed by atoms with van der Waals surface area (Å²) >= 11 is 0. The Bertz CT molecular complexity index is 765. The fourth-order valence-electron chi connectivity index (χ4n) is 3.66. The summed E-state index contributed by atoms with van der Waals surface area (Å²) in [5.74, 6) is -0.321. The number of esters is 2. The zero-order valence-corrected chi connectivity index (χ0v) is 18.0. The first-order chi connectivity index (χ1) is 14.2. The number of ether oxygens (including phenoxy) is 2. The van der Waals surface area contributed by atoms with Gasteiger partial charge in [0.05, 0.1) is 13.2 Å². The smallest absolute Gasteiger partial charge is 0.354 e. The number of benzene rings is 1. The van der Waals surface area contributed by atoms with Crippen molar-refractivity contribution in [1.82, 2.24) is 4.57 Å². The molecule has 0 aliphatic carbocycles. The largest absolute Gasteiger partial charge is 0.466 e. The minimum absolute atomic E-state index is 0.0766. The zero-order chi connectivity index (χ0) is 20.9. The molecule has 1 aromatic carbocycles. The average molecular weight is 402 g/mol. The van der Waals surface area contributed by atoms with Gasteiger partial charge in [-0.15, -0.1) is 0 Å². The standard InChI is InChI=1S/C24H35NO4/c1-3-28-23(26)17-11-9-7-5-6-8-10-14-18-25-21-16-13-12-15-20(21)19-22(25)24(27)29-4-2/h12-13,15-16,19H,3-11,14,17-18H2,1-2H3. The summed E-state index contributed by atoms with van der Waals surface area (Å²) in [6.45, 7) is 5.37. The van der Waals surface area contributed by atoms with E-state index < -0.39 is 0 Å². The number of rotatable bonds is 14. The first-order valence-electron chi connectivity index (χ1n) is 11.1. The van der Waals surface area contributed by atoms with Crippen LogP contribution in [0.4, 0.5) is 0 Å². The Kier molecular flexibility index (Phi) is 10.3. The van der Waals surface area contributed by atoms with E-state index >= 15 is 0 Å². The first kappa shape index (κ1) is 23.0. The molecule has 2 rings (SSSR count). The van der Waals surface area contributed by atoms with E-state index in [0.29, 0.717) is 25.3 Å². The van der Waals surface area contributed by atoms with Gasteiger partial charge < -0.3 is 14.0 Å². The number of aryl methyl sites for hydroxylation is 1. The summed E-state index contributed by atoms with van der Waals surface area (Å²) in [4.78, 5) is 23.6. The predicted octanol–water partition coefficient (Wildman–Crippen LogP) is 5.89. The van der Waals surface area contributed by atoms with Crippen molar-refractivity contribution in [2.24, 2.45) is 0 Å². The van der Waals surface area contributed by atoms with Gasteiger partial charge in [-0.05, 0) is 38.8 Å². The Morgan fingerprint density at radius 2 is 1.45 bits per heavy atom. The molecule has 29 heavy (non-hydrogen) atoms. The molecular formula is C24H35NO4. The second kappa shape index (κ2) is 13.0. The van der Waals surface area contributed by atoms with Crippen LogP contribution in [-0.4, -0.2) is 29.7 Å². The molecular weight excluding hydrogens is 366 g/mol. The number of aromatic nitrogens is 1. The Balaban J connectivity index is 1.67. The third-order valence-electron chi connectivity index (χ3n) is 5.11. The summed E-state index contributed by atoms with van der Waals surface area (Å²) in [5, 5.41) is 1.08. The van der Waals surface area contributed by atoms with Crippen molar-refractivity contribution in [3.63, 3.8) is 0 Å². The van der Waals surface area contributed by atoms with Crippen LogP contribution in [0.2, 0.25) is 0 Å². The maximum Gasteiger partial charge on any atom is 0.354 e. The maximum atomic E-state index is 12.3. The number of hydrogen-bond acceptors (Lipinski definition) is 4. The molecule has 160 valence electrons. The lowest BCUT2D eigenvalue weighted by molar-refractivity contribution is -0.143. The molecule has 0 amide bonds. The van der Waals surface area contributed by atoms with Gasteiger partial charge in [0.1, 0.15) is 5.69 Å². The van der Waals surface area contributed by atoms with Crippen molar-refractivity contribution >= 4 is 22.8 Å². The van der Waals surface area contributed by atoms with Gasteiger partial charge in [-0.1, -0.05) is 56.7 Å². The van der Waals surface area contributed by atoms with Crippen molar-refractivity contribution in [1.29, 1.82) is 0 Å². The van der Waals surface area contributed by atoms with Crippen LogP contribution in [0.5, 0.6) is 0 Å². The van der Waals surface area contributed by atoms with E-state index in [1.54, 1.807) is 0 Å². The molecule has 0 fully saturated rings. The van der Waals surface area contributed by atoms with Gasteiger partial charge in [0.2, 0.25) is 0 Å². The molecule has 2 aromatic rings. The predicted molar refractivity (Wildman–Crippen MR) is 116 cm³/mol. The second-order valence-corrected chi connectivity index (χ2v) is 7.34. The van der Waals surface area contributed by atoms with E-state index in [2.05, 4.69) is 10.6 Å². The van der Waals surface area contributed by atoms with Crippen LogP contribution in [-0.2, 0) is 20.8 Å². The van der Waals surface area contributed by atoms with Crippen LogP contribution in [0.3, 0.4) is 0 Å². The number of unbranched alkanes of at least 4 members (excludes halogenated alkanes) is 7. The summed E-state index contributed by atoms with van der Waals surface area (Å²) in [5.41, 5.74) is 1.74. The number of para-hydroxylation sites is 1. The van der Waals surface area contributed by atoms with Gasteiger partial charge in [0.25, 0.3) is 0 Å². The van der Waals surface area contributed by atoms with E-state index in [1.165, 1.54) is 25.7 Å². The Morgan fingerprint density at radius 1 is 0.828 bits per heavy atom. The fraction of sp³-hybridized carbons (Fsp3) is 0.583. The highest BCUT2D eigenvalue weighted by Gasteiger charge is 2.16. The normalized spacial score (nSPS) is 11.0. The monoisotopic (exact) mass is 401 g/mol. The number of nitrogens with zero attached hydrogens (tertiary/aromatic N) is 1. The molecule has 0 aliphatic rings. The highest BCUT2D eigenvalue weighted by Crippen LogP contribution is 2.22. The van der Waals surface area contributed by atoms with E-state index in [4.69, 9.17) is 9.47 Å². The van der Waals surface area contributed by atoms with Crippen LogP contribution < -0.4 is 0 Å². The van der Waals surface area contributed by atoms with Gasteiger partial charge in [0, 0.05) is 23.9 Å². The molecule has 0 radical (unpaired) electrons. The first-order valence-corrected chi connectivity index (χ1v) is 11.1. The fourth-order valence-corrected chi connectivity index (χ4v) is 3.66. The topological polar surface area (TPSA) is 57.5 Å². The molecule has 0 bridgehead atoms. The summed E-state index contributed by atoms with van der Waals surface area (Å²) in [7, 11) is 0. The molecule has 0 spiro atoms. The van der Waals surface area contributed by atoms with Crippen molar-refractivity contribution in [2.75, 3.05) is 13.2 Å². The highest BCUT2D eigenvalue weighted by atomic mass is 16.5. The quantitative estimate of drug-likeness (QED) is 0.292. The molecule has 5 heteroatoms. The molecule has 0 unspecified atom stereocenters. The number of hydrogen-bond donors (Lipinski definition) is 0. The molecule has 1 heterocycles. The van der Waals surface area contributed by atoms with E-state index in [1.807, 2.05) is 38.1 Å². The second-order valence-electron chi connectivity index (χ2n) is 7.34. The molecule has 0 saturated carbocycles. The van der Waals surface area contributed by atoms with E-state index in [0.717, 1.165) is 43.1 Å². The summed E-state index contributed by atoms with van der Waals surface area (Å²) in [6.07, 6.45) is 9.57. The van der Waals surface area contributed by atoms with Crippen LogP contribution in [0.1, 0.15) is 82.1 Å². The Morgan fingerprint density at radius 3 is 2.14 bits per heavy atom. The molecule has 0 N–H and O–H groups in total. The molecule has 0 saturated heterocycles. The highest BCUT2D eigenvalue weighted by molar-refractivity contribution is 5.95. The van der Waals surface area contributed by atoms with Gasteiger partial charge in [-0.2, -0.15) is 0 Å². The van der Waals surface area contributed by atoms with Crippen LogP contribution in [0.15, 0.2) is 30.3 Å². The zero-order valence-electron chi connectivity index (χ0n) is 18.0. The van der Waals surface area contributed by atoms with Crippen molar-refractivity contribution in [3.8, 4) is 0 Å². The number of carbonyl (C=O) groups is 2. The number of carbonyl (C=O) groups excluding carboxylic acids is 2. The van der Waals surface area contributed by atoms with Crippen LogP contribution in [0, 0.1) is 0 Å². The van der Waals surface area contributed by atoms with Crippen LogP contribution in [0.25, 0.3) is 10.9 Å². The minimum atomic E-state index is -0.244. The minimum Gasteiger partial charge on any atom is -0.466 e. The number of fused-ring (bicyclic) bond motifs is 1. The van der Waals surface area contributed by atoms with Gasteiger partial charge in [-0.3, -0.25) is 4.79 Å². The lowest BCUT2D eigenvalue weighted by Gasteiger charge is -2.10. The lowest BCUT2D eigenvalue weighted by Crippen LogP contribution is -2.12. The van der Waals surface area contributed by atoms with Gasteiger partial charge >= 0.3 is 11.9 Å². The van der Waals surface area contributed by atoms with Crippen molar-refractivity contribution in [3.05, 3.63) is 36.0 Å². The van der Waals surface area contributed by atoms with Gasteiger partial charge in [0.15, 0.2) is 0 Å². The molecule has 5 nitrogen and oxygen atoms in total. The van der Waals surface area contributed by atoms with Crippen molar-refractivity contribution in [2.45, 2.75) is 78.2 Å². The third kappa shape index (κ3) is 7.56. The Hall–Kier alpha value is -2.30. The van der Waals surface area contributed by atoms with Crippen LogP contribution >= 0.6 is 0 Å². The summed E-state index contributed by atoms with van der Waals surface area (Å²) < 4.78 is 12.3. The lowest BCUT2D eigenvalue weighted by atomic mass is 10.1. The van der Waals surface area contributed by atoms with Gasteiger partial charge in [-0.25, -0.2) is 4.79 Å².